The molecule has 1 heterocycles. The van der Waals surface area contributed by atoms with Gasteiger partial charge in [-0.3, -0.25) is 9.59 Å². The summed E-state index contributed by atoms with van der Waals surface area (Å²) in [5.74, 6) is -2.36. The van der Waals surface area contributed by atoms with E-state index >= 15 is 0 Å². The number of benzene rings is 2. The number of nitrogens with one attached hydrogen (secondary N) is 4. The number of piperidine rings is 1. The number of methoxy groups -OCH3 is 1. The number of ether oxygens (including phenoxy) is 1. The summed E-state index contributed by atoms with van der Waals surface area (Å²) < 4.78 is 43.2. The minimum Gasteiger partial charge on any atom is -0.383 e. The number of likely N-dealkylation sites (tertiary alicyclic amines) is 1. The molecule has 4 N–H and O–H groups in total. The minimum atomic E-state index is -5.02. The van der Waals surface area contributed by atoms with E-state index in [1.54, 1.807) is 12.1 Å². The van der Waals surface area contributed by atoms with Crippen molar-refractivity contribution >= 4 is 34.8 Å². The van der Waals surface area contributed by atoms with Crippen molar-refractivity contribution in [1.29, 1.82) is 0 Å². The van der Waals surface area contributed by atoms with E-state index in [9.17, 15) is 27.6 Å². The van der Waals surface area contributed by atoms with Crippen LogP contribution in [0, 0.1) is 0 Å². The number of rotatable bonds is 11. The van der Waals surface area contributed by atoms with Crippen LogP contribution in [0.2, 0.25) is 0 Å². The molecule has 38 heavy (non-hydrogen) atoms. The lowest BCUT2D eigenvalue weighted by Crippen LogP contribution is -2.34. The third-order valence-corrected chi connectivity index (χ3v) is 5.95. The highest BCUT2D eigenvalue weighted by Gasteiger charge is 2.39. The van der Waals surface area contributed by atoms with Crippen LogP contribution in [0.25, 0.3) is 0 Å². The Balaban J connectivity index is 1.68. The summed E-state index contributed by atoms with van der Waals surface area (Å²) in [6.07, 6.45) is -1.42. The molecule has 1 aliphatic heterocycles. The SMILES string of the molecule is COCCNC(=O)c1cc(NC(=O)Nc2cccc(C(=O)C(F)(F)F)c2)ccc1NCCN1CCCCC1. The van der Waals surface area contributed by atoms with Crippen molar-refractivity contribution in [2.75, 3.05) is 62.4 Å². The number of carbonyl (C=O) groups excluding carboxylic acids is 3. The maximum atomic E-state index is 12.8. The van der Waals surface area contributed by atoms with Crippen molar-refractivity contribution in [2.45, 2.75) is 25.4 Å². The van der Waals surface area contributed by atoms with Crippen LogP contribution in [0.15, 0.2) is 42.5 Å². The number of anilines is 3. The average Bonchev–Trinajstić information content (AvgIpc) is 2.89. The molecule has 0 atom stereocenters. The molecular weight excluding hydrogens is 503 g/mol. The van der Waals surface area contributed by atoms with E-state index in [-0.39, 0.29) is 11.6 Å². The first-order valence-corrected chi connectivity index (χ1v) is 12.3. The number of nitrogens with zero attached hydrogens (tertiary/aromatic N) is 1. The standard InChI is InChI=1S/C26H32F3N5O4/c1-38-15-11-31-24(36)21-17-20(8-9-22(21)30-10-14-34-12-3-2-4-13-34)33-25(37)32-19-7-5-6-18(16-19)23(35)26(27,28)29/h5-9,16-17,30H,2-4,10-15H2,1H3,(H,31,36)(H2,32,33,37). The van der Waals surface area contributed by atoms with E-state index < -0.39 is 23.6 Å². The van der Waals surface area contributed by atoms with Crippen molar-refractivity contribution in [2.24, 2.45) is 0 Å². The Morgan fingerprint density at radius 3 is 2.34 bits per heavy atom. The summed E-state index contributed by atoms with van der Waals surface area (Å²) in [6.45, 7) is 4.21. The van der Waals surface area contributed by atoms with Crippen LogP contribution >= 0.6 is 0 Å². The Hall–Kier alpha value is -3.64. The first-order valence-electron chi connectivity index (χ1n) is 12.3. The lowest BCUT2D eigenvalue weighted by molar-refractivity contribution is -0.0885. The predicted octanol–water partition coefficient (Wildman–Crippen LogP) is 4.35. The van der Waals surface area contributed by atoms with Crippen molar-refractivity contribution in [3.8, 4) is 0 Å². The second-order valence-electron chi connectivity index (χ2n) is 8.82. The lowest BCUT2D eigenvalue weighted by Gasteiger charge is -2.26. The zero-order valence-corrected chi connectivity index (χ0v) is 21.1. The smallest absolute Gasteiger partial charge is 0.383 e. The Bertz CT molecular complexity index is 1120. The average molecular weight is 536 g/mol. The van der Waals surface area contributed by atoms with E-state index in [0.29, 0.717) is 36.6 Å². The van der Waals surface area contributed by atoms with Gasteiger partial charge in [-0.15, -0.1) is 0 Å². The highest BCUT2D eigenvalue weighted by Crippen LogP contribution is 2.24. The monoisotopic (exact) mass is 535 g/mol. The van der Waals surface area contributed by atoms with Crippen LogP contribution in [0.3, 0.4) is 0 Å². The van der Waals surface area contributed by atoms with E-state index in [2.05, 4.69) is 26.2 Å². The number of hydrogen-bond acceptors (Lipinski definition) is 6. The molecule has 0 aliphatic carbocycles. The topological polar surface area (TPSA) is 112 Å². The fraction of sp³-hybridized carbons (Fsp3) is 0.423. The summed E-state index contributed by atoms with van der Waals surface area (Å²) in [5.41, 5.74) is 0.622. The van der Waals surface area contributed by atoms with Crippen molar-refractivity contribution < 1.29 is 32.3 Å². The minimum absolute atomic E-state index is 0.00568. The molecule has 3 amide bonds. The molecule has 1 saturated heterocycles. The van der Waals surface area contributed by atoms with E-state index in [0.717, 1.165) is 31.8 Å². The van der Waals surface area contributed by atoms with Gasteiger partial charge in [0.05, 0.1) is 12.2 Å². The zero-order valence-electron chi connectivity index (χ0n) is 21.1. The molecular formula is C26H32F3N5O4. The van der Waals surface area contributed by atoms with Gasteiger partial charge in [-0.25, -0.2) is 4.79 Å². The van der Waals surface area contributed by atoms with Crippen LogP contribution in [-0.2, 0) is 4.74 Å². The fourth-order valence-electron chi connectivity index (χ4n) is 4.05. The zero-order chi connectivity index (χ0) is 27.5. The van der Waals surface area contributed by atoms with Gasteiger partial charge < -0.3 is 30.9 Å². The summed E-state index contributed by atoms with van der Waals surface area (Å²) >= 11 is 0. The molecule has 12 heteroatoms. The van der Waals surface area contributed by atoms with Gasteiger partial charge in [-0.2, -0.15) is 13.2 Å². The molecule has 0 unspecified atom stereocenters. The van der Waals surface area contributed by atoms with Gasteiger partial charge in [0, 0.05) is 49.4 Å². The normalized spacial score (nSPS) is 14.0. The molecule has 206 valence electrons. The Labute approximate surface area is 219 Å². The lowest BCUT2D eigenvalue weighted by atomic mass is 10.1. The maximum Gasteiger partial charge on any atom is 0.454 e. The van der Waals surface area contributed by atoms with Crippen molar-refractivity contribution in [1.82, 2.24) is 10.2 Å². The second-order valence-corrected chi connectivity index (χ2v) is 8.82. The van der Waals surface area contributed by atoms with E-state index in [1.807, 2.05) is 0 Å². The molecule has 1 fully saturated rings. The van der Waals surface area contributed by atoms with Crippen LogP contribution in [0.4, 0.5) is 35.0 Å². The third-order valence-electron chi connectivity index (χ3n) is 5.95. The Morgan fingerprint density at radius 2 is 1.66 bits per heavy atom. The van der Waals surface area contributed by atoms with Gasteiger partial charge in [-0.1, -0.05) is 18.6 Å². The number of ketones is 1. The number of halogens is 3. The third kappa shape index (κ3) is 8.73. The van der Waals surface area contributed by atoms with Crippen LogP contribution in [0.5, 0.6) is 0 Å². The first-order chi connectivity index (χ1) is 18.2. The van der Waals surface area contributed by atoms with Crippen LogP contribution in [0.1, 0.15) is 40.0 Å². The number of hydrogen-bond donors (Lipinski definition) is 4. The van der Waals surface area contributed by atoms with E-state index in [4.69, 9.17) is 4.74 Å². The second kappa shape index (κ2) is 13.8. The molecule has 0 saturated carbocycles. The van der Waals surface area contributed by atoms with Gasteiger partial charge in [0.25, 0.3) is 11.7 Å². The van der Waals surface area contributed by atoms with Crippen molar-refractivity contribution in [3.05, 3.63) is 53.6 Å². The molecule has 1 aliphatic rings. The Morgan fingerprint density at radius 1 is 0.947 bits per heavy atom. The highest BCUT2D eigenvalue weighted by atomic mass is 19.4. The molecule has 2 aromatic rings. The fourth-order valence-corrected chi connectivity index (χ4v) is 4.05. The molecule has 3 rings (SSSR count). The molecule has 2 aromatic carbocycles. The highest BCUT2D eigenvalue weighted by molar-refractivity contribution is 6.05. The van der Waals surface area contributed by atoms with Gasteiger partial charge in [0.2, 0.25) is 0 Å². The number of urea groups is 1. The van der Waals surface area contributed by atoms with Gasteiger partial charge in [0.15, 0.2) is 0 Å². The summed E-state index contributed by atoms with van der Waals surface area (Å²) in [6, 6.07) is 8.60. The number of Topliss-reactive ketones (excluding diaryl/α,β-unsaturated/α-hetero) is 1. The van der Waals surface area contributed by atoms with Gasteiger partial charge in [-0.05, 0) is 56.3 Å². The summed E-state index contributed by atoms with van der Waals surface area (Å²) in [7, 11) is 1.53. The molecule has 0 aromatic heterocycles. The quantitative estimate of drug-likeness (QED) is 0.252. The predicted molar refractivity (Wildman–Crippen MR) is 139 cm³/mol. The van der Waals surface area contributed by atoms with Crippen LogP contribution < -0.4 is 21.3 Å². The Kier molecular flexibility index (Phi) is 10.5. The molecule has 0 spiro atoms. The largest absolute Gasteiger partial charge is 0.454 e. The molecule has 9 nitrogen and oxygen atoms in total. The van der Waals surface area contributed by atoms with E-state index in [1.165, 1.54) is 44.6 Å². The summed E-state index contributed by atoms with van der Waals surface area (Å²) in [5, 5.41) is 11.0. The van der Waals surface area contributed by atoms with Gasteiger partial charge in [0.1, 0.15) is 0 Å². The number of carbonyl (C=O) groups is 3. The number of alkyl halides is 3. The molecule has 0 bridgehead atoms. The maximum absolute atomic E-state index is 12.8. The summed E-state index contributed by atoms with van der Waals surface area (Å²) in [4.78, 5) is 39.2. The van der Waals surface area contributed by atoms with Crippen LogP contribution in [-0.4, -0.2) is 75.2 Å². The van der Waals surface area contributed by atoms with Crippen molar-refractivity contribution in [3.63, 3.8) is 0 Å². The van der Waals surface area contributed by atoms with Gasteiger partial charge >= 0.3 is 12.2 Å². The first kappa shape index (κ1) is 28.9. The number of amides is 3. The molecule has 0 radical (unpaired) electrons.